The number of nitrogens with zero attached hydrogens (tertiary/aromatic N) is 2. The Hall–Kier alpha value is -3.04. The van der Waals surface area contributed by atoms with Gasteiger partial charge in [-0.2, -0.15) is 0 Å². The average Bonchev–Trinajstić information content (AvgIpc) is 3.42. The zero-order valence-corrected chi connectivity index (χ0v) is 17.3. The third kappa shape index (κ3) is 2.77. The molecule has 0 aliphatic carbocycles. The number of amides is 1. The predicted octanol–water partition coefficient (Wildman–Crippen LogP) is 2.96. The van der Waals surface area contributed by atoms with Crippen LogP contribution in [0.5, 0.6) is 0 Å². The molecule has 1 aromatic heterocycles. The van der Waals surface area contributed by atoms with Crippen molar-refractivity contribution in [3.63, 3.8) is 0 Å². The van der Waals surface area contributed by atoms with E-state index in [1.807, 2.05) is 48.5 Å². The van der Waals surface area contributed by atoms with Gasteiger partial charge in [0, 0.05) is 39.0 Å². The lowest BCUT2D eigenvalue weighted by molar-refractivity contribution is -0.526. The molecular formula is C21H18BrN5O3. The second-order valence-corrected chi connectivity index (χ2v) is 8.56. The Morgan fingerprint density at radius 2 is 1.93 bits per heavy atom. The molecule has 30 heavy (non-hydrogen) atoms. The van der Waals surface area contributed by atoms with E-state index in [1.54, 1.807) is 12.5 Å². The fourth-order valence-electron chi connectivity index (χ4n) is 4.88. The van der Waals surface area contributed by atoms with Gasteiger partial charge < -0.3 is 10.3 Å². The second kappa shape index (κ2) is 7.03. The number of aromatic nitrogens is 2. The van der Waals surface area contributed by atoms with Crippen LogP contribution in [0.2, 0.25) is 0 Å². The van der Waals surface area contributed by atoms with Crippen LogP contribution in [0.3, 0.4) is 0 Å². The summed E-state index contributed by atoms with van der Waals surface area (Å²) >= 11 is 3.42. The first-order valence-corrected chi connectivity index (χ1v) is 10.3. The van der Waals surface area contributed by atoms with Crippen LogP contribution in [0.25, 0.3) is 0 Å². The Balaban J connectivity index is 1.70. The van der Waals surface area contributed by atoms with E-state index in [0.29, 0.717) is 12.1 Å². The molecule has 3 heterocycles. The molecule has 9 heteroatoms. The van der Waals surface area contributed by atoms with Crippen LogP contribution in [-0.2, 0) is 16.8 Å². The maximum atomic E-state index is 13.4. The minimum Gasteiger partial charge on any atom is -0.348 e. The summed E-state index contributed by atoms with van der Waals surface area (Å²) in [7, 11) is 0. The number of fused-ring (bicyclic) bond motifs is 2. The van der Waals surface area contributed by atoms with Crippen LogP contribution in [0.15, 0.2) is 65.5 Å². The first-order chi connectivity index (χ1) is 14.5. The fraction of sp³-hybridized carbons (Fsp3) is 0.238. The number of carbonyl (C=O) groups is 1. The number of anilines is 1. The van der Waals surface area contributed by atoms with Crippen LogP contribution in [0.4, 0.5) is 5.69 Å². The van der Waals surface area contributed by atoms with Crippen molar-refractivity contribution in [3.8, 4) is 0 Å². The third-order valence-electron chi connectivity index (χ3n) is 6.06. The quantitative estimate of drug-likeness (QED) is 0.403. The normalized spacial score (nSPS) is 27.2. The summed E-state index contributed by atoms with van der Waals surface area (Å²) in [4.78, 5) is 32.5. The Morgan fingerprint density at radius 1 is 1.17 bits per heavy atom. The minimum atomic E-state index is -1.23. The zero-order chi connectivity index (χ0) is 20.9. The highest BCUT2D eigenvalue weighted by Gasteiger charge is 2.66. The van der Waals surface area contributed by atoms with E-state index in [4.69, 9.17) is 0 Å². The van der Waals surface area contributed by atoms with Crippen molar-refractivity contribution in [3.05, 3.63) is 92.5 Å². The molecule has 152 valence electrons. The molecule has 4 atom stereocenters. The summed E-state index contributed by atoms with van der Waals surface area (Å²) in [6, 6.07) is 13.2. The van der Waals surface area contributed by atoms with Crippen LogP contribution in [0.1, 0.15) is 22.7 Å². The molecule has 1 spiro atoms. The molecule has 0 saturated carbocycles. The molecule has 2 aliphatic heterocycles. The third-order valence-corrected chi connectivity index (χ3v) is 6.59. The van der Waals surface area contributed by atoms with Gasteiger partial charge in [0.05, 0.1) is 18.3 Å². The number of hydrogen-bond acceptors (Lipinski definition) is 5. The molecule has 3 aromatic rings. The van der Waals surface area contributed by atoms with Gasteiger partial charge in [-0.25, -0.2) is 4.98 Å². The number of nitrogens with one attached hydrogen (secondary N) is 3. The Labute approximate surface area is 180 Å². The number of aromatic amines is 1. The zero-order valence-electron chi connectivity index (χ0n) is 15.7. The van der Waals surface area contributed by atoms with Crippen molar-refractivity contribution >= 4 is 27.5 Å². The highest BCUT2D eigenvalue weighted by Crippen LogP contribution is 2.52. The lowest BCUT2D eigenvalue weighted by Gasteiger charge is -2.29. The van der Waals surface area contributed by atoms with Crippen molar-refractivity contribution in [1.82, 2.24) is 15.3 Å². The highest BCUT2D eigenvalue weighted by molar-refractivity contribution is 9.10. The van der Waals surface area contributed by atoms with Gasteiger partial charge in [-0.05, 0) is 23.8 Å². The fourth-order valence-corrected chi connectivity index (χ4v) is 5.14. The number of H-pyrrole nitrogens is 1. The number of carbonyl (C=O) groups excluding carboxylic acids is 1. The van der Waals surface area contributed by atoms with Crippen LogP contribution >= 0.6 is 15.9 Å². The lowest BCUT2D eigenvalue weighted by Crippen LogP contribution is -2.49. The van der Waals surface area contributed by atoms with Gasteiger partial charge in [-0.15, -0.1) is 0 Å². The highest BCUT2D eigenvalue weighted by atomic mass is 79.9. The molecule has 0 unspecified atom stereocenters. The number of hydrogen-bond donors (Lipinski definition) is 3. The number of imidazole rings is 1. The van der Waals surface area contributed by atoms with Crippen molar-refractivity contribution in [2.45, 2.75) is 30.0 Å². The molecule has 1 amide bonds. The molecule has 2 aliphatic rings. The topological polar surface area (TPSA) is 113 Å². The monoisotopic (exact) mass is 467 g/mol. The first-order valence-electron chi connectivity index (χ1n) is 9.55. The van der Waals surface area contributed by atoms with Crippen molar-refractivity contribution < 1.29 is 9.72 Å². The largest absolute Gasteiger partial charge is 0.348 e. The maximum absolute atomic E-state index is 13.4. The van der Waals surface area contributed by atoms with Gasteiger partial charge in [0.25, 0.3) is 0 Å². The first kappa shape index (κ1) is 19.0. The van der Waals surface area contributed by atoms with Crippen LogP contribution in [0, 0.1) is 10.1 Å². The lowest BCUT2D eigenvalue weighted by atomic mass is 9.74. The molecule has 5 rings (SSSR count). The molecule has 2 aromatic carbocycles. The molecule has 0 radical (unpaired) electrons. The Kier molecular flexibility index (Phi) is 4.44. The van der Waals surface area contributed by atoms with E-state index >= 15 is 0 Å². The van der Waals surface area contributed by atoms with Gasteiger partial charge in [0.15, 0.2) is 0 Å². The molecular weight excluding hydrogens is 450 g/mol. The Bertz CT molecular complexity index is 1120. The summed E-state index contributed by atoms with van der Waals surface area (Å²) in [5.41, 5.74) is 1.71. The summed E-state index contributed by atoms with van der Waals surface area (Å²) in [6.07, 6.45) is 3.56. The molecule has 1 saturated heterocycles. The van der Waals surface area contributed by atoms with E-state index < -0.39 is 23.5 Å². The Morgan fingerprint density at radius 3 is 2.63 bits per heavy atom. The predicted molar refractivity (Wildman–Crippen MR) is 114 cm³/mol. The smallest absolute Gasteiger partial charge is 0.250 e. The number of para-hydroxylation sites is 1. The van der Waals surface area contributed by atoms with Crippen molar-refractivity contribution in [1.29, 1.82) is 0 Å². The van der Waals surface area contributed by atoms with Crippen LogP contribution < -0.4 is 10.6 Å². The molecule has 8 nitrogen and oxygen atoms in total. The van der Waals surface area contributed by atoms with Gasteiger partial charge in [-0.3, -0.25) is 20.2 Å². The molecule has 0 bridgehead atoms. The van der Waals surface area contributed by atoms with E-state index in [1.165, 1.54) is 0 Å². The van der Waals surface area contributed by atoms with E-state index in [2.05, 4.69) is 36.5 Å². The number of nitro groups is 1. The standard InChI is InChI=1S/C21H18BrN5O3/c22-13-7-5-12(6-8-13)18-19(27(29)30)17(9-14-10-23-11-24-14)26-21(18)15-3-1-2-4-16(15)25-20(21)28/h1-8,10-11,17-19,26H,9H2,(H,23,24)(H,25,28)/t17-,18+,19-,21+/m1/s1. The van der Waals surface area contributed by atoms with Crippen molar-refractivity contribution in [2.24, 2.45) is 0 Å². The maximum Gasteiger partial charge on any atom is 0.250 e. The second-order valence-electron chi connectivity index (χ2n) is 7.64. The van der Waals surface area contributed by atoms with Gasteiger partial charge in [0.1, 0.15) is 5.54 Å². The molecule has 3 N–H and O–H groups in total. The van der Waals surface area contributed by atoms with Gasteiger partial charge in [0.2, 0.25) is 11.9 Å². The summed E-state index contributed by atoms with van der Waals surface area (Å²) in [5.74, 6) is -0.951. The van der Waals surface area contributed by atoms with E-state index in [0.717, 1.165) is 21.3 Å². The number of rotatable bonds is 4. The summed E-state index contributed by atoms with van der Waals surface area (Å²) in [5, 5.41) is 18.7. The SMILES string of the molecule is O=C1Nc2ccccc2[C@@]12N[C@H](Cc1cnc[nH]1)[C@@H]([N+](=O)[O-])[C@@H]2c1ccc(Br)cc1. The number of halogens is 1. The van der Waals surface area contributed by atoms with Gasteiger partial charge >= 0.3 is 0 Å². The van der Waals surface area contributed by atoms with Gasteiger partial charge in [-0.1, -0.05) is 46.3 Å². The minimum absolute atomic E-state index is 0.260. The van der Waals surface area contributed by atoms with Crippen LogP contribution in [-0.4, -0.2) is 32.9 Å². The van der Waals surface area contributed by atoms with Crippen molar-refractivity contribution in [2.75, 3.05) is 5.32 Å². The van der Waals surface area contributed by atoms with E-state index in [9.17, 15) is 14.9 Å². The van der Waals surface area contributed by atoms with E-state index in [-0.39, 0.29) is 10.8 Å². The molecule has 1 fully saturated rings. The summed E-state index contributed by atoms with van der Waals surface area (Å²) in [6.45, 7) is 0. The average molecular weight is 468 g/mol. The number of benzene rings is 2. The summed E-state index contributed by atoms with van der Waals surface area (Å²) < 4.78 is 0.870.